The Balaban J connectivity index is 0.00000128. The van der Waals surface area contributed by atoms with Crippen molar-refractivity contribution in [3.8, 4) is 0 Å². The molecule has 0 N–H and O–H groups in total. The zero-order valence-corrected chi connectivity index (χ0v) is 12.0. The van der Waals surface area contributed by atoms with E-state index in [0.717, 1.165) is 32.4 Å². The van der Waals surface area contributed by atoms with Crippen LogP contribution in [-0.4, -0.2) is 17.4 Å². The van der Waals surface area contributed by atoms with E-state index in [1.807, 2.05) is 23.1 Å². The van der Waals surface area contributed by atoms with Crippen molar-refractivity contribution in [3.05, 3.63) is 35.9 Å². The van der Waals surface area contributed by atoms with Gasteiger partial charge in [0.25, 0.3) is 0 Å². The van der Waals surface area contributed by atoms with Crippen LogP contribution >= 0.6 is 0 Å². The first-order valence-corrected chi connectivity index (χ1v) is 5.68. The number of rotatable bonds is 2. The minimum absolute atomic E-state index is 0. The second-order valence-corrected chi connectivity index (χ2v) is 4.11. The van der Waals surface area contributed by atoms with Crippen molar-refractivity contribution in [1.82, 2.24) is 4.90 Å². The molecule has 1 aromatic carbocycles. The summed E-state index contributed by atoms with van der Waals surface area (Å²) in [7, 11) is 0. The van der Waals surface area contributed by atoms with Gasteiger partial charge in [-0.1, -0.05) is 36.8 Å². The van der Waals surface area contributed by atoms with E-state index in [1.165, 1.54) is 12.0 Å². The van der Waals surface area contributed by atoms with E-state index in [9.17, 15) is 4.79 Å². The van der Waals surface area contributed by atoms with Crippen LogP contribution in [0, 0.1) is 0 Å². The van der Waals surface area contributed by atoms with E-state index in [2.05, 4.69) is 12.1 Å². The van der Waals surface area contributed by atoms with Gasteiger partial charge in [-0.25, -0.2) is 0 Å². The second kappa shape index (κ2) is 7.10. The molecular weight excluding hydrogens is 209 g/mol. The predicted octanol–water partition coefficient (Wildman–Crippen LogP) is -0.294. The third-order valence-corrected chi connectivity index (χ3v) is 2.89. The summed E-state index contributed by atoms with van der Waals surface area (Å²) in [6.45, 7) is 1.70. The zero-order valence-electron chi connectivity index (χ0n) is 11.0. The quantitative estimate of drug-likeness (QED) is 0.636. The molecule has 1 aromatic rings. The van der Waals surface area contributed by atoms with E-state index in [4.69, 9.17) is 0 Å². The second-order valence-electron chi connectivity index (χ2n) is 4.11. The molecule has 0 unspecified atom stereocenters. The summed E-state index contributed by atoms with van der Waals surface area (Å²) in [6, 6.07) is 10.2. The van der Waals surface area contributed by atoms with Gasteiger partial charge in [-0.3, -0.25) is 4.79 Å². The Hall–Kier alpha value is -0.310. The molecule has 1 aliphatic rings. The predicted molar refractivity (Wildman–Crippen MR) is 61.4 cm³/mol. The van der Waals surface area contributed by atoms with Crippen molar-refractivity contribution < 1.29 is 35.8 Å². The molecule has 16 heavy (non-hydrogen) atoms. The summed E-state index contributed by atoms with van der Waals surface area (Å²) in [5, 5.41) is 0. The van der Waals surface area contributed by atoms with Gasteiger partial charge in [0, 0.05) is 19.5 Å². The molecule has 2 rings (SSSR count). The van der Waals surface area contributed by atoms with Crippen molar-refractivity contribution >= 4 is 5.91 Å². The van der Waals surface area contributed by atoms with Gasteiger partial charge in [0.05, 0.1) is 0 Å². The number of carbonyl (C=O) groups excluding carboxylic acids is 1. The summed E-state index contributed by atoms with van der Waals surface area (Å²) < 4.78 is 0. The fraction of sp³-hybridized carbons (Fsp3) is 0.462. The molecule has 3 heteroatoms. The van der Waals surface area contributed by atoms with E-state index in [0.29, 0.717) is 5.91 Å². The van der Waals surface area contributed by atoms with Crippen LogP contribution in [0.15, 0.2) is 30.3 Å². The molecule has 1 aliphatic heterocycles. The molecular formula is C13H18NNaO. The smallest absolute Gasteiger partial charge is 1.00 e. The number of hydrogen-bond acceptors (Lipinski definition) is 1. The SMILES string of the molecule is O=C1CCCCCN1Cc1ccccc1.[H-].[Na+]. The van der Waals surface area contributed by atoms with Crippen molar-refractivity contribution in [2.45, 2.75) is 32.2 Å². The molecule has 0 aliphatic carbocycles. The van der Waals surface area contributed by atoms with Crippen LogP contribution < -0.4 is 29.6 Å². The topological polar surface area (TPSA) is 20.3 Å². The summed E-state index contributed by atoms with van der Waals surface area (Å²) in [5.74, 6) is 0.316. The van der Waals surface area contributed by atoms with E-state index in [-0.39, 0.29) is 31.0 Å². The van der Waals surface area contributed by atoms with Crippen molar-refractivity contribution in [1.29, 1.82) is 0 Å². The Labute approximate surface area is 121 Å². The molecule has 0 radical (unpaired) electrons. The van der Waals surface area contributed by atoms with Gasteiger partial charge >= 0.3 is 29.6 Å². The Morgan fingerprint density at radius 3 is 2.62 bits per heavy atom. The first-order chi connectivity index (χ1) is 7.36. The van der Waals surface area contributed by atoms with E-state index >= 15 is 0 Å². The molecule has 82 valence electrons. The van der Waals surface area contributed by atoms with Crippen LogP contribution in [0.5, 0.6) is 0 Å². The van der Waals surface area contributed by atoms with Gasteiger partial charge in [-0.05, 0) is 18.4 Å². The number of nitrogens with zero attached hydrogens (tertiary/aromatic N) is 1. The average Bonchev–Trinajstić information content (AvgIpc) is 2.46. The summed E-state index contributed by atoms with van der Waals surface area (Å²) in [6.07, 6.45) is 4.13. The molecule has 0 bridgehead atoms. The fourth-order valence-electron chi connectivity index (χ4n) is 2.01. The number of amides is 1. The monoisotopic (exact) mass is 227 g/mol. The molecule has 1 heterocycles. The van der Waals surface area contributed by atoms with Crippen molar-refractivity contribution in [2.75, 3.05) is 6.54 Å². The Morgan fingerprint density at radius 1 is 1.12 bits per heavy atom. The van der Waals surface area contributed by atoms with Crippen molar-refractivity contribution in [2.24, 2.45) is 0 Å². The standard InChI is InChI=1S/C13H17NO.Na.H/c15-13-9-5-2-6-10-14(13)11-12-7-3-1-4-8-12;;/h1,3-4,7-8H,2,5-6,9-11H2;;/q;+1;-1. The third kappa shape index (κ3) is 3.93. The number of hydrogen-bond donors (Lipinski definition) is 0. The summed E-state index contributed by atoms with van der Waals surface area (Å²) in [4.78, 5) is 13.7. The van der Waals surface area contributed by atoms with E-state index in [1.54, 1.807) is 0 Å². The maximum Gasteiger partial charge on any atom is 1.00 e. The van der Waals surface area contributed by atoms with Crippen LogP contribution in [0.25, 0.3) is 0 Å². The van der Waals surface area contributed by atoms with Gasteiger partial charge in [-0.15, -0.1) is 0 Å². The summed E-state index contributed by atoms with van der Waals surface area (Å²) >= 11 is 0. The average molecular weight is 227 g/mol. The molecule has 0 atom stereocenters. The van der Waals surface area contributed by atoms with E-state index < -0.39 is 0 Å². The number of likely N-dealkylation sites (tertiary alicyclic amines) is 1. The van der Waals surface area contributed by atoms with Crippen LogP contribution in [0.4, 0.5) is 0 Å². The maximum atomic E-state index is 11.7. The Morgan fingerprint density at radius 2 is 1.88 bits per heavy atom. The van der Waals surface area contributed by atoms with Crippen LogP contribution in [0.3, 0.4) is 0 Å². The van der Waals surface area contributed by atoms with Gasteiger partial charge in [0.2, 0.25) is 5.91 Å². The van der Waals surface area contributed by atoms with Gasteiger partial charge in [0.1, 0.15) is 0 Å². The molecule has 1 fully saturated rings. The number of carbonyl (C=O) groups is 1. The fourth-order valence-corrected chi connectivity index (χ4v) is 2.01. The first-order valence-electron chi connectivity index (χ1n) is 5.68. The molecule has 0 saturated carbocycles. The zero-order chi connectivity index (χ0) is 10.5. The third-order valence-electron chi connectivity index (χ3n) is 2.89. The normalized spacial score (nSPS) is 16.5. The Bertz CT molecular complexity index is 331. The largest absolute Gasteiger partial charge is 1.00 e. The van der Waals surface area contributed by atoms with Crippen LogP contribution in [0.1, 0.15) is 32.7 Å². The van der Waals surface area contributed by atoms with Gasteiger partial charge in [-0.2, -0.15) is 0 Å². The minimum Gasteiger partial charge on any atom is -1.00 e. The summed E-state index contributed by atoms with van der Waals surface area (Å²) in [5.41, 5.74) is 1.23. The maximum absolute atomic E-state index is 11.7. The van der Waals surface area contributed by atoms with Gasteiger partial charge in [0.15, 0.2) is 0 Å². The molecule has 1 amide bonds. The molecule has 1 saturated heterocycles. The molecule has 0 aromatic heterocycles. The molecule has 0 spiro atoms. The number of benzene rings is 1. The van der Waals surface area contributed by atoms with Crippen LogP contribution in [-0.2, 0) is 11.3 Å². The minimum atomic E-state index is 0. The van der Waals surface area contributed by atoms with Gasteiger partial charge < -0.3 is 6.33 Å². The molecule has 2 nitrogen and oxygen atoms in total. The first kappa shape index (κ1) is 13.8. The Kier molecular flexibility index (Phi) is 6.10. The van der Waals surface area contributed by atoms with Crippen LogP contribution in [0.2, 0.25) is 0 Å². The van der Waals surface area contributed by atoms with Crippen molar-refractivity contribution in [3.63, 3.8) is 0 Å².